The van der Waals surface area contributed by atoms with E-state index in [9.17, 15) is 4.79 Å². The van der Waals surface area contributed by atoms with Crippen molar-refractivity contribution in [1.82, 2.24) is 9.88 Å². The Bertz CT molecular complexity index is 931. The maximum Gasteiger partial charge on any atom is 0.246 e. The van der Waals surface area contributed by atoms with E-state index in [2.05, 4.69) is 44.1 Å². The molecule has 5 atom stereocenters. The zero-order valence-corrected chi connectivity index (χ0v) is 19.1. The van der Waals surface area contributed by atoms with E-state index < -0.39 is 0 Å². The first-order chi connectivity index (χ1) is 14.4. The largest absolute Gasteiger partial charge is 0.342 e. The molecule has 0 bridgehead atoms. The molecule has 2 fully saturated rings. The highest BCUT2D eigenvalue weighted by Gasteiger charge is 2.57. The molecule has 1 aromatic rings. The van der Waals surface area contributed by atoms with E-state index in [-0.39, 0.29) is 16.7 Å². The molecule has 2 saturated carbocycles. The molecular formula is C27H36N2O. The number of carbonyl (C=O) groups excluding carboxylic acids is 1. The van der Waals surface area contributed by atoms with Gasteiger partial charge >= 0.3 is 0 Å². The van der Waals surface area contributed by atoms with Gasteiger partial charge in [0.15, 0.2) is 0 Å². The van der Waals surface area contributed by atoms with Crippen LogP contribution in [0.5, 0.6) is 0 Å². The van der Waals surface area contributed by atoms with Gasteiger partial charge in [-0.3, -0.25) is 9.78 Å². The van der Waals surface area contributed by atoms with Crippen LogP contribution in [-0.2, 0) is 11.2 Å². The molecule has 5 rings (SSSR count). The third-order valence-corrected chi connectivity index (χ3v) is 9.47. The number of nitrogens with zero attached hydrogens (tertiary/aromatic N) is 2. The van der Waals surface area contributed by atoms with Crippen molar-refractivity contribution in [2.45, 2.75) is 65.7 Å². The summed E-state index contributed by atoms with van der Waals surface area (Å²) in [5.41, 5.74) is 6.13. The zero-order chi connectivity index (χ0) is 21.1. The van der Waals surface area contributed by atoms with Crippen molar-refractivity contribution in [2.24, 2.45) is 28.6 Å². The Morgan fingerprint density at radius 2 is 1.97 bits per heavy atom. The van der Waals surface area contributed by atoms with Gasteiger partial charge in [0.25, 0.3) is 0 Å². The highest BCUT2D eigenvalue weighted by molar-refractivity contribution is 5.88. The van der Waals surface area contributed by atoms with E-state index in [1.807, 2.05) is 24.2 Å². The van der Waals surface area contributed by atoms with Crippen LogP contribution in [0, 0.1) is 28.6 Å². The number of hydrogen-bond donors (Lipinski definition) is 0. The maximum absolute atomic E-state index is 12.5. The second kappa shape index (κ2) is 7.07. The fourth-order valence-electron chi connectivity index (χ4n) is 7.52. The first-order valence-electron chi connectivity index (χ1n) is 12.0. The molecule has 160 valence electrons. The average Bonchev–Trinajstić information content (AvgIpc) is 3.05. The number of amides is 1. The van der Waals surface area contributed by atoms with Crippen molar-refractivity contribution in [2.75, 3.05) is 13.6 Å². The average molecular weight is 405 g/mol. The molecule has 0 radical (unpaired) electrons. The summed E-state index contributed by atoms with van der Waals surface area (Å²) in [5.74, 6) is 2.41. The standard InChI is InChI=1S/C27H36N2O/c1-5-18-14-19(17-28-16-18)22-8-9-23-21-7-6-20-15-25(30)29(4)13-12-26(20,2)24(21)10-11-27(22,23)3/h8,14-17,21,23-24H,5-7,9-13H2,1-4H3/t21-,23-,24-,26-,27+/m0/s1. The van der Waals surface area contributed by atoms with Gasteiger partial charge in [-0.2, -0.15) is 0 Å². The fourth-order valence-corrected chi connectivity index (χ4v) is 7.52. The van der Waals surface area contributed by atoms with Crippen LogP contribution in [0.3, 0.4) is 0 Å². The number of carbonyl (C=O) groups is 1. The maximum atomic E-state index is 12.5. The van der Waals surface area contributed by atoms with Gasteiger partial charge in [0.05, 0.1) is 0 Å². The number of fused-ring (bicyclic) bond motifs is 5. The van der Waals surface area contributed by atoms with Crippen LogP contribution in [0.4, 0.5) is 0 Å². The lowest BCUT2D eigenvalue weighted by Crippen LogP contribution is -2.49. The third kappa shape index (κ3) is 2.84. The Balaban J connectivity index is 1.46. The molecule has 1 aliphatic heterocycles. The first kappa shape index (κ1) is 20.0. The van der Waals surface area contributed by atoms with E-state index in [4.69, 9.17) is 0 Å². The van der Waals surface area contributed by atoms with Gasteiger partial charge < -0.3 is 4.90 Å². The molecule has 3 nitrogen and oxygen atoms in total. The van der Waals surface area contributed by atoms with Gasteiger partial charge in [0.1, 0.15) is 0 Å². The van der Waals surface area contributed by atoms with Gasteiger partial charge in [-0.25, -0.2) is 0 Å². The minimum atomic E-state index is 0.192. The Hall–Kier alpha value is -1.90. The number of allylic oxidation sites excluding steroid dienone is 3. The SMILES string of the molecule is CCc1cncc(C2=CC[C@H]3[C@@H]4CCC5=CC(=O)N(C)CC[C@]5(C)[C@H]4CC[C@]23C)c1. The molecule has 0 aromatic carbocycles. The summed E-state index contributed by atoms with van der Waals surface area (Å²) in [6, 6.07) is 2.37. The van der Waals surface area contributed by atoms with Crippen molar-refractivity contribution in [1.29, 1.82) is 0 Å². The summed E-state index contributed by atoms with van der Waals surface area (Å²) in [6.07, 6.45) is 16.9. The van der Waals surface area contributed by atoms with Gasteiger partial charge in [0.2, 0.25) is 5.91 Å². The number of hydrogen-bond acceptors (Lipinski definition) is 2. The van der Waals surface area contributed by atoms with Gasteiger partial charge in [0, 0.05) is 32.1 Å². The van der Waals surface area contributed by atoms with Crippen LogP contribution in [0.25, 0.3) is 5.57 Å². The summed E-state index contributed by atoms with van der Waals surface area (Å²) in [7, 11) is 1.96. The minimum absolute atomic E-state index is 0.192. The van der Waals surface area contributed by atoms with E-state index in [0.29, 0.717) is 5.92 Å². The number of aryl methyl sites for hydroxylation is 1. The normalized spacial score (nSPS) is 38.2. The monoisotopic (exact) mass is 404 g/mol. The van der Waals surface area contributed by atoms with Crippen molar-refractivity contribution in [3.05, 3.63) is 47.3 Å². The Labute approximate surface area is 181 Å². The summed E-state index contributed by atoms with van der Waals surface area (Å²) in [5, 5.41) is 0. The second-order valence-corrected chi connectivity index (χ2v) is 10.8. The van der Waals surface area contributed by atoms with Crippen LogP contribution >= 0.6 is 0 Å². The smallest absolute Gasteiger partial charge is 0.246 e. The molecule has 0 spiro atoms. The third-order valence-electron chi connectivity index (χ3n) is 9.47. The topological polar surface area (TPSA) is 33.2 Å². The van der Waals surface area contributed by atoms with Crippen LogP contribution in [0.1, 0.15) is 70.4 Å². The number of aromatic nitrogens is 1. The molecule has 3 heteroatoms. The predicted octanol–water partition coefficient (Wildman–Crippen LogP) is 5.67. The summed E-state index contributed by atoms with van der Waals surface area (Å²) in [4.78, 5) is 19.0. The molecule has 30 heavy (non-hydrogen) atoms. The summed E-state index contributed by atoms with van der Waals surface area (Å²) in [6.45, 7) is 8.11. The van der Waals surface area contributed by atoms with E-state index in [1.54, 1.807) is 5.57 Å². The van der Waals surface area contributed by atoms with Gasteiger partial charge in [-0.1, -0.05) is 32.4 Å². The lowest BCUT2D eigenvalue weighted by atomic mass is 9.47. The van der Waals surface area contributed by atoms with Crippen LogP contribution in [0.2, 0.25) is 0 Å². The molecule has 1 amide bonds. The molecule has 4 aliphatic rings. The number of rotatable bonds is 2. The lowest BCUT2D eigenvalue weighted by molar-refractivity contribution is -0.124. The van der Waals surface area contributed by atoms with Gasteiger partial charge in [-0.15, -0.1) is 0 Å². The molecule has 2 heterocycles. The number of likely N-dealkylation sites (N-methyl/N-ethyl adjacent to an activating group) is 1. The first-order valence-corrected chi connectivity index (χ1v) is 12.0. The van der Waals surface area contributed by atoms with E-state index >= 15 is 0 Å². The Kier molecular flexibility index (Phi) is 4.72. The van der Waals surface area contributed by atoms with E-state index in [1.165, 1.54) is 42.4 Å². The highest BCUT2D eigenvalue weighted by Crippen LogP contribution is 2.66. The van der Waals surface area contributed by atoms with Gasteiger partial charge in [-0.05, 0) is 96.3 Å². The Morgan fingerprint density at radius 3 is 2.77 bits per heavy atom. The molecule has 0 unspecified atom stereocenters. The van der Waals surface area contributed by atoms with Crippen molar-refractivity contribution in [3.63, 3.8) is 0 Å². The van der Waals surface area contributed by atoms with Crippen molar-refractivity contribution in [3.8, 4) is 0 Å². The summed E-state index contributed by atoms with van der Waals surface area (Å²) < 4.78 is 0. The van der Waals surface area contributed by atoms with E-state index in [0.717, 1.165) is 37.6 Å². The van der Waals surface area contributed by atoms with Crippen LogP contribution in [0.15, 0.2) is 36.2 Å². The van der Waals surface area contributed by atoms with Crippen molar-refractivity contribution < 1.29 is 4.79 Å². The van der Waals surface area contributed by atoms with Crippen molar-refractivity contribution >= 4 is 11.5 Å². The van der Waals surface area contributed by atoms with Crippen LogP contribution < -0.4 is 0 Å². The summed E-state index contributed by atoms with van der Waals surface area (Å²) >= 11 is 0. The zero-order valence-electron chi connectivity index (χ0n) is 19.1. The molecule has 3 aliphatic carbocycles. The molecule has 1 aromatic heterocycles. The lowest BCUT2D eigenvalue weighted by Gasteiger charge is -2.57. The molecule has 0 saturated heterocycles. The minimum Gasteiger partial charge on any atom is -0.342 e. The second-order valence-electron chi connectivity index (χ2n) is 10.8. The fraction of sp³-hybridized carbons (Fsp3) is 0.630. The number of pyridine rings is 1. The highest BCUT2D eigenvalue weighted by atomic mass is 16.2. The predicted molar refractivity (Wildman–Crippen MR) is 122 cm³/mol. The Morgan fingerprint density at radius 1 is 1.13 bits per heavy atom. The quantitative estimate of drug-likeness (QED) is 0.636. The van der Waals surface area contributed by atoms with Crippen LogP contribution in [-0.4, -0.2) is 29.4 Å². The molecular weight excluding hydrogens is 368 g/mol. The molecule has 0 N–H and O–H groups in total.